The largest absolute Gasteiger partial charge is 0.492 e. The number of carbonyl (C=O) groups excluding carboxylic acids is 1. The zero-order chi connectivity index (χ0) is 14.8. The predicted molar refractivity (Wildman–Crippen MR) is 84.2 cm³/mol. The van der Waals surface area contributed by atoms with Gasteiger partial charge in [0.1, 0.15) is 12.4 Å². The Balaban J connectivity index is 1.71. The number of aryl methyl sites for hydroxylation is 2. The van der Waals surface area contributed by atoms with E-state index in [-0.39, 0.29) is 11.7 Å². The van der Waals surface area contributed by atoms with Gasteiger partial charge in [-0.2, -0.15) is 0 Å². The van der Waals surface area contributed by atoms with Gasteiger partial charge in [-0.15, -0.1) is 0 Å². The molecule has 3 heteroatoms. The van der Waals surface area contributed by atoms with Gasteiger partial charge in [-0.3, -0.25) is 4.79 Å². The number of rotatable bonds is 3. The summed E-state index contributed by atoms with van der Waals surface area (Å²) in [4.78, 5) is 12.5. The molecule has 0 radical (unpaired) electrons. The molecule has 3 rings (SSSR count). The molecule has 1 aliphatic heterocycles. The molecule has 0 aromatic heterocycles. The fourth-order valence-corrected chi connectivity index (χ4v) is 2.58. The molecule has 21 heavy (non-hydrogen) atoms. The second-order valence-electron chi connectivity index (χ2n) is 5.57. The normalized spacial score (nSPS) is 17.0. The van der Waals surface area contributed by atoms with Crippen LogP contribution in [0.25, 0.3) is 0 Å². The van der Waals surface area contributed by atoms with Gasteiger partial charge in [0.15, 0.2) is 5.78 Å². The first-order valence-corrected chi connectivity index (χ1v) is 7.22. The van der Waals surface area contributed by atoms with E-state index in [0.29, 0.717) is 18.7 Å². The highest BCUT2D eigenvalue weighted by molar-refractivity contribution is 6.02. The molecule has 0 spiro atoms. The third-order valence-electron chi connectivity index (χ3n) is 3.88. The van der Waals surface area contributed by atoms with Gasteiger partial charge in [0.05, 0.1) is 11.5 Å². The summed E-state index contributed by atoms with van der Waals surface area (Å²) in [6.45, 7) is 5.06. The van der Waals surface area contributed by atoms with Crippen molar-refractivity contribution in [1.82, 2.24) is 0 Å². The molecule has 1 N–H and O–H groups in total. The molecule has 0 amide bonds. The van der Waals surface area contributed by atoms with Gasteiger partial charge in [0, 0.05) is 12.2 Å². The first-order valence-electron chi connectivity index (χ1n) is 7.22. The number of benzene rings is 2. The highest BCUT2D eigenvalue weighted by Crippen LogP contribution is 2.30. The summed E-state index contributed by atoms with van der Waals surface area (Å²) in [5.41, 5.74) is 3.98. The van der Waals surface area contributed by atoms with E-state index in [4.69, 9.17) is 4.74 Å². The molecular formula is C18H19NO2. The first kappa shape index (κ1) is 13.7. The molecule has 108 valence electrons. The number of carbonyl (C=O) groups is 1. The number of para-hydroxylation sites is 1. The zero-order valence-corrected chi connectivity index (χ0v) is 12.3. The topological polar surface area (TPSA) is 38.3 Å². The lowest BCUT2D eigenvalue weighted by Crippen LogP contribution is -2.33. The third kappa shape index (κ3) is 2.77. The second-order valence-corrected chi connectivity index (χ2v) is 5.57. The lowest BCUT2D eigenvalue weighted by atomic mass is 9.93. The molecule has 1 atom stereocenters. The van der Waals surface area contributed by atoms with E-state index in [2.05, 4.69) is 24.4 Å². The van der Waals surface area contributed by atoms with E-state index in [0.717, 1.165) is 17.0 Å². The van der Waals surface area contributed by atoms with Crippen molar-refractivity contribution >= 4 is 11.5 Å². The lowest BCUT2D eigenvalue weighted by Gasteiger charge is -2.25. The van der Waals surface area contributed by atoms with Gasteiger partial charge in [-0.1, -0.05) is 29.8 Å². The SMILES string of the molecule is Cc1ccc(NC[C@@H]2COc3c(C)cccc3C2=O)cc1. The maximum absolute atomic E-state index is 12.5. The molecule has 1 aliphatic rings. The van der Waals surface area contributed by atoms with Crippen LogP contribution >= 0.6 is 0 Å². The molecule has 0 aliphatic carbocycles. The van der Waals surface area contributed by atoms with Crippen molar-refractivity contribution < 1.29 is 9.53 Å². The third-order valence-corrected chi connectivity index (χ3v) is 3.88. The number of nitrogens with one attached hydrogen (secondary N) is 1. The summed E-state index contributed by atoms with van der Waals surface area (Å²) in [5.74, 6) is 0.772. The van der Waals surface area contributed by atoms with Gasteiger partial charge in [-0.05, 0) is 37.6 Å². The zero-order valence-electron chi connectivity index (χ0n) is 12.3. The van der Waals surface area contributed by atoms with Crippen molar-refractivity contribution in [2.45, 2.75) is 13.8 Å². The molecule has 0 saturated heterocycles. The summed E-state index contributed by atoms with van der Waals surface area (Å²) < 4.78 is 5.78. The summed E-state index contributed by atoms with van der Waals surface area (Å²) in [6.07, 6.45) is 0. The average Bonchev–Trinajstić information content (AvgIpc) is 2.49. The standard InChI is InChI=1S/C18H19NO2/c1-12-6-8-15(9-7-12)19-10-14-11-21-18-13(2)4-3-5-16(18)17(14)20/h3-9,14,19H,10-11H2,1-2H3/t14-/m1/s1. The number of fused-ring (bicyclic) bond motifs is 1. The van der Waals surface area contributed by atoms with Crippen molar-refractivity contribution in [2.75, 3.05) is 18.5 Å². The molecule has 2 aromatic carbocycles. The fourth-order valence-electron chi connectivity index (χ4n) is 2.58. The Kier molecular flexibility index (Phi) is 3.65. The smallest absolute Gasteiger partial charge is 0.174 e. The number of ether oxygens (including phenoxy) is 1. The minimum atomic E-state index is -0.138. The monoisotopic (exact) mass is 281 g/mol. The Morgan fingerprint density at radius 3 is 2.67 bits per heavy atom. The van der Waals surface area contributed by atoms with Crippen LogP contribution in [-0.4, -0.2) is 18.9 Å². The summed E-state index contributed by atoms with van der Waals surface area (Å²) in [6, 6.07) is 13.9. The van der Waals surface area contributed by atoms with Crippen LogP contribution in [0.1, 0.15) is 21.5 Å². The van der Waals surface area contributed by atoms with Crippen LogP contribution in [0.5, 0.6) is 5.75 Å². The quantitative estimate of drug-likeness (QED) is 0.934. The summed E-state index contributed by atoms with van der Waals surface area (Å²) >= 11 is 0. The van der Waals surface area contributed by atoms with E-state index in [9.17, 15) is 4.79 Å². The van der Waals surface area contributed by atoms with Crippen molar-refractivity contribution in [2.24, 2.45) is 5.92 Å². The maximum atomic E-state index is 12.5. The van der Waals surface area contributed by atoms with Crippen molar-refractivity contribution in [3.05, 3.63) is 59.2 Å². The van der Waals surface area contributed by atoms with E-state index in [1.54, 1.807) is 0 Å². The second kappa shape index (κ2) is 5.60. The first-order chi connectivity index (χ1) is 10.1. The minimum Gasteiger partial charge on any atom is -0.492 e. The van der Waals surface area contributed by atoms with Crippen LogP contribution in [0, 0.1) is 19.8 Å². The highest BCUT2D eigenvalue weighted by atomic mass is 16.5. The molecule has 2 aromatic rings. The van der Waals surface area contributed by atoms with Crippen molar-refractivity contribution in [3.8, 4) is 5.75 Å². The summed E-state index contributed by atoms with van der Waals surface area (Å²) in [7, 11) is 0. The van der Waals surface area contributed by atoms with E-state index >= 15 is 0 Å². The van der Waals surface area contributed by atoms with Crippen LogP contribution in [0.2, 0.25) is 0 Å². The average molecular weight is 281 g/mol. The number of hydrogen-bond donors (Lipinski definition) is 1. The molecule has 0 bridgehead atoms. The minimum absolute atomic E-state index is 0.138. The van der Waals surface area contributed by atoms with Crippen LogP contribution < -0.4 is 10.1 Å². The summed E-state index contributed by atoms with van der Waals surface area (Å²) in [5, 5.41) is 3.32. The van der Waals surface area contributed by atoms with Gasteiger partial charge in [-0.25, -0.2) is 0 Å². The molecule has 0 saturated carbocycles. The molecule has 1 heterocycles. The van der Waals surface area contributed by atoms with Crippen molar-refractivity contribution in [1.29, 1.82) is 0 Å². The Morgan fingerprint density at radius 2 is 1.90 bits per heavy atom. The maximum Gasteiger partial charge on any atom is 0.174 e. The van der Waals surface area contributed by atoms with E-state index < -0.39 is 0 Å². The van der Waals surface area contributed by atoms with Crippen LogP contribution in [0.3, 0.4) is 0 Å². The number of ketones is 1. The molecule has 0 fully saturated rings. The highest BCUT2D eigenvalue weighted by Gasteiger charge is 2.29. The van der Waals surface area contributed by atoms with Gasteiger partial charge < -0.3 is 10.1 Å². The van der Waals surface area contributed by atoms with Gasteiger partial charge in [0.2, 0.25) is 0 Å². The van der Waals surface area contributed by atoms with Gasteiger partial charge >= 0.3 is 0 Å². The lowest BCUT2D eigenvalue weighted by molar-refractivity contribution is 0.0842. The number of anilines is 1. The Bertz CT molecular complexity index is 661. The van der Waals surface area contributed by atoms with Crippen molar-refractivity contribution in [3.63, 3.8) is 0 Å². The Hall–Kier alpha value is -2.29. The number of Topliss-reactive ketones (excluding diaryl/α,β-unsaturated/α-hetero) is 1. The fraction of sp³-hybridized carbons (Fsp3) is 0.278. The molecule has 3 nitrogen and oxygen atoms in total. The Labute approximate surface area is 124 Å². The number of hydrogen-bond acceptors (Lipinski definition) is 3. The van der Waals surface area contributed by atoms with Crippen LogP contribution in [-0.2, 0) is 0 Å². The Morgan fingerprint density at radius 1 is 1.14 bits per heavy atom. The van der Waals surface area contributed by atoms with Crippen LogP contribution in [0.15, 0.2) is 42.5 Å². The molecule has 0 unspecified atom stereocenters. The van der Waals surface area contributed by atoms with E-state index in [1.807, 2.05) is 37.3 Å². The molecular weight excluding hydrogens is 262 g/mol. The predicted octanol–water partition coefficient (Wildman–Crippen LogP) is 3.61. The van der Waals surface area contributed by atoms with Crippen LogP contribution in [0.4, 0.5) is 5.69 Å². The van der Waals surface area contributed by atoms with Gasteiger partial charge in [0.25, 0.3) is 0 Å². The van der Waals surface area contributed by atoms with E-state index in [1.165, 1.54) is 5.56 Å².